The summed E-state index contributed by atoms with van der Waals surface area (Å²) in [6.45, 7) is 0. The predicted molar refractivity (Wildman–Crippen MR) is 151 cm³/mol. The van der Waals surface area contributed by atoms with Gasteiger partial charge in [0.25, 0.3) is 0 Å². The highest BCUT2D eigenvalue weighted by molar-refractivity contribution is 6.24. The molecule has 4 aromatic carbocycles. The van der Waals surface area contributed by atoms with E-state index < -0.39 is 22.8 Å². The van der Waals surface area contributed by atoms with E-state index in [1.54, 1.807) is 0 Å². The number of phenolic OH excluding ortho intramolecular Hbond substituents is 2. The Morgan fingerprint density at radius 2 is 0.976 bits per heavy atom. The molecule has 5 nitrogen and oxygen atoms in total. The van der Waals surface area contributed by atoms with Crippen molar-refractivity contribution < 1.29 is 24.5 Å². The number of aromatic hydroxyl groups is 2. The van der Waals surface area contributed by atoms with Crippen LogP contribution in [0.5, 0.6) is 11.5 Å². The average molecular weight is 537 g/mol. The van der Waals surface area contributed by atoms with Gasteiger partial charge in [-0.15, -0.1) is 0 Å². The Labute approximate surface area is 236 Å². The molecule has 1 fully saturated rings. The molecule has 4 aromatic rings. The second kappa shape index (κ2) is 7.50. The minimum atomic E-state index is -0.727. The van der Waals surface area contributed by atoms with Gasteiger partial charge in [-0.25, -0.2) is 0 Å². The Balaban J connectivity index is 1.31. The summed E-state index contributed by atoms with van der Waals surface area (Å²) >= 11 is 0. The van der Waals surface area contributed by atoms with Crippen LogP contribution in [0.25, 0.3) is 0 Å². The quantitative estimate of drug-likeness (QED) is 0.246. The van der Waals surface area contributed by atoms with Gasteiger partial charge >= 0.3 is 0 Å². The summed E-state index contributed by atoms with van der Waals surface area (Å²) in [5.74, 6) is -1.33. The Morgan fingerprint density at radius 3 is 1.39 bits per heavy atom. The van der Waals surface area contributed by atoms with E-state index in [0.29, 0.717) is 24.0 Å². The molecule has 0 aromatic heterocycles. The normalized spacial score (nSPS) is 28.0. The Morgan fingerprint density at radius 1 is 0.585 bits per heavy atom. The summed E-state index contributed by atoms with van der Waals surface area (Å²) in [6.07, 6.45) is 3.10. The van der Waals surface area contributed by atoms with E-state index in [9.17, 15) is 19.8 Å². The Kier molecular flexibility index (Phi) is 4.21. The van der Waals surface area contributed by atoms with Gasteiger partial charge < -0.3 is 14.9 Å². The molecule has 0 radical (unpaired) electrons. The summed E-state index contributed by atoms with van der Waals surface area (Å²) in [7, 11) is 0. The highest BCUT2D eigenvalue weighted by Crippen LogP contribution is 2.76. The van der Waals surface area contributed by atoms with Gasteiger partial charge in [0.1, 0.15) is 22.7 Å². The van der Waals surface area contributed by atoms with Crippen molar-refractivity contribution in [2.45, 2.75) is 24.0 Å². The maximum absolute atomic E-state index is 12.8. The second-order valence-corrected chi connectivity index (χ2v) is 11.7. The molecule has 5 heteroatoms. The van der Waals surface area contributed by atoms with Gasteiger partial charge in [0.15, 0.2) is 11.6 Å². The maximum atomic E-state index is 12.8. The van der Waals surface area contributed by atoms with Crippen LogP contribution in [0.2, 0.25) is 0 Å². The second-order valence-electron chi connectivity index (χ2n) is 11.7. The smallest absolute Gasteiger partial charge is 0.190 e. The fourth-order valence-electron chi connectivity index (χ4n) is 8.61. The van der Waals surface area contributed by atoms with E-state index in [1.165, 1.54) is 11.1 Å². The van der Waals surface area contributed by atoms with Gasteiger partial charge in [-0.1, -0.05) is 96.1 Å². The summed E-state index contributed by atoms with van der Waals surface area (Å²) in [5.41, 5.74) is 6.24. The molecule has 2 heterocycles. The SMILES string of the molecule is O=C1C=CC(=O)c2c(O)c3c(c(O)c21)CC1=C(C3)[C@H]2[C@@H]1[C@@]1(c3ccccc3)O[C@]2(c2ccccc2)c2ccccc21. The number of carbonyl (C=O) groups is 2. The molecule has 5 aliphatic rings. The average Bonchev–Trinajstić information content (AvgIpc) is 3.46. The van der Waals surface area contributed by atoms with Crippen molar-refractivity contribution in [3.8, 4) is 11.5 Å². The molecule has 4 atom stereocenters. The number of hydrogen-bond donors (Lipinski definition) is 2. The molecule has 2 aliphatic heterocycles. The van der Waals surface area contributed by atoms with Crippen LogP contribution in [-0.4, -0.2) is 21.8 Å². The van der Waals surface area contributed by atoms with E-state index in [0.717, 1.165) is 34.4 Å². The first-order valence-electron chi connectivity index (χ1n) is 14.0. The summed E-state index contributed by atoms with van der Waals surface area (Å²) in [5, 5.41) is 22.8. The number of benzene rings is 4. The van der Waals surface area contributed by atoms with Crippen molar-refractivity contribution >= 4 is 11.6 Å². The molecular weight excluding hydrogens is 512 g/mol. The molecule has 2 bridgehead atoms. The number of phenols is 2. The van der Waals surface area contributed by atoms with E-state index >= 15 is 0 Å². The maximum Gasteiger partial charge on any atom is 0.190 e. The lowest BCUT2D eigenvalue weighted by molar-refractivity contribution is -0.0506. The molecule has 0 saturated carbocycles. The molecule has 41 heavy (non-hydrogen) atoms. The Bertz CT molecular complexity index is 1800. The molecule has 9 rings (SSSR count). The van der Waals surface area contributed by atoms with Gasteiger partial charge in [-0.3, -0.25) is 9.59 Å². The van der Waals surface area contributed by atoms with Crippen LogP contribution in [0.4, 0.5) is 0 Å². The summed E-state index contributed by atoms with van der Waals surface area (Å²) in [4.78, 5) is 25.5. The van der Waals surface area contributed by atoms with E-state index in [-0.39, 0.29) is 34.5 Å². The topological polar surface area (TPSA) is 83.8 Å². The Hall–Kier alpha value is -4.74. The number of ether oxygens (including phenoxy) is 1. The molecule has 1 saturated heterocycles. The zero-order valence-corrected chi connectivity index (χ0v) is 21.9. The first-order chi connectivity index (χ1) is 20.0. The highest BCUT2D eigenvalue weighted by atomic mass is 16.5. The van der Waals surface area contributed by atoms with Crippen LogP contribution in [0.15, 0.2) is 108 Å². The third-order valence-corrected chi connectivity index (χ3v) is 10.1. The van der Waals surface area contributed by atoms with Crippen LogP contribution in [0.3, 0.4) is 0 Å². The van der Waals surface area contributed by atoms with Crippen molar-refractivity contribution in [2.24, 2.45) is 11.8 Å². The molecule has 0 spiro atoms. The summed E-state index contributed by atoms with van der Waals surface area (Å²) < 4.78 is 7.48. The largest absolute Gasteiger partial charge is 0.507 e. The van der Waals surface area contributed by atoms with Crippen LogP contribution in [-0.2, 0) is 28.8 Å². The third kappa shape index (κ3) is 2.49. The monoisotopic (exact) mass is 536 g/mol. The number of hydrogen-bond acceptors (Lipinski definition) is 5. The molecule has 3 aliphatic carbocycles. The van der Waals surface area contributed by atoms with Crippen molar-refractivity contribution in [3.05, 3.63) is 153 Å². The standard InChI is InChI=1S/C36H24O5/c37-27-15-16-28(38)30-29(27)33(39)23-17-21-22(18-24(23)34(30)40)32-31(21)35(19-9-3-1-4-10-19)25-13-7-8-14-26(25)36(32,41-35)20-11-5-2-6-12-20/h1-16,31-32,39-40H,17-18H2/t31-,32+,35+,36-. The number of fused-ring (bicyclic) bond motifs is 12. The number of carbonyl (C=O) groups excluding carboxylic acids is 2. The van der Waals surface area contributed by atoms with Gasteiger partial charge in [-0.05, 0) is 47.2 Å². The first-order valence-corrected chi connectivity index (χ1v) is 14.0. The molecular formula is C36H24O5. The van der Waals surface area contributed by atoms with Crippen LogP contribution in [0.1, 0.15) is 54.1 Å². The van der Waals surface area contributed by atoms with E-state index in [2.05, 4.69) is 48.5 Å². The minimum absolute atomic E-state index is 0.00189. The lowest BCUT2D eigenvalue weighted by Gasteiger charge is -2.52. The minimum Gasteiger partial charge on any atom is -0.507 e. The lowest BCUT2D eigenvalue weighted by Crippen LogP contribution is -2.50. The number of allylic oxidation sites excluding steroid dienone is 2. The predicted octanol–water partition coefficient (Wildman–Crippen LogP) is 5.91. The van der Waals surface area contributed by atoms with Crippen molar-refractivity contribution in [3.63, 3.8) is 0 Å². The summed E-state index contributed by atoms with van der Waals surface area (Å²) in [6, 6.07) is 29.2. The van der Waals surface area contributed by atoms with Gasteiger partial charge in [0, 0.05) is 23.0 Å². The molecule has 198 valence electrons. The van der Waals surface area contributed by atoms with Crippen LogP contribution in [0, 0.1) is 11.8 Å². The zero-order chi connectivity index (χ0) is 27.7. The molecule has 0 unspecified atom stereocenters. The first kappa shape index (κ1) is 23.0. The zero-order valence-electron chi connectivity index (χ0n) is 21.9. The van der Waals surface area contributed by atoms with E-state index in [1.807, 2.05) is 36.4 Å². The van der Waals surface area contributed by atoms with Crippen molar-refractivity contribution in [1.82, 2.24) is 0 Å². The molecule has 0 amide bonds. The number of rotatable bonds is 2. The van der Waals surface area contributed by atoms with Crippen molar-refractivity contribution in [1.29, 1.82) is 0 Å². The molecule has 2 N–H and O–H groups in total. The fourth-order valence-corrected chi connectivity index (χ4v) is 8.61. The number of ketones is 2. The van der Waals surface area contributed by atoms with Gasteiger partial charge in [0.2, 0.25) is 0 Å². The van der Waals surface area contributed by atoms with E-state index in [4.69, 9.17) is 4.74 Å². The van der Waals surface area contributed by atoms with Crippen LogP contribution < -0.4 is 0 Å². The van der Waals surface area contributed by atoms with Gasteiger partial charge in [-0.2, -0.15) is 0 Å². The highest BCUT2D eigenvalue weighted by Gasteiger charge is 2.76. The third-order valence-electron chi connectivity index (χ3n) is 10.1. The van der Waals surface area contributed by atoms with Gasteiger partial charge in [0.05, 0.1) is 11.1 Å². The lowest BCUT2D eigenvalue weighted by atomic mass is 9.47. The van der Waals surface area contributed by atoms with Crippen LogP contribution >= 0.6 is 0 Å². The fraction of sp³-hybridized carbons (Fsp3) is 0.167. The van der Waals surface area contributed by atoms with Crippen molar-refractivity contribution in [2.75, 3.05) is 0 Å².